The molecule has 21 heavy (non-hydrogen) atoms. The van der Waals surface area contributed by atoms with Crippen LogP contribution in [0, 0.1) is 11.3 Å². The molecule has 0 amide bonds. The van der Waals surface area contributed by atoms with Crippen molar-refractivity contribution in [1.82, 2.24) is 4.90 Å². The van der Waals surface area contributed by atoms with Gasteiger partial charge in [-0.05, 0) is 18.4 Å². The number of hydrogen-bond acceptors (Lipinski definition) is 5. The summed E-state index contributed by atoms with van der Waals surface area (Å²) in [6, 6.07) is 8.25. The molecule has 1 saturated heterocycles. The van der Waals surface area contributed by atoms with Crippen molar-refractivity contribution in [3.8, 4) is 6.07 Å². The lowest BCUT2D eigenvalue weighted by Gasteiger charge is -2.36. The molecular weight excluding hydrogens is 286 g/mol. The van der Waals surface area contributed by atoms with Crippen LogP contribution in [0.1, 0.15) is 12.0 Å². The highest BCUT2D eigenvalue weighted by Crippen LogP contribution is 2.29. The van der Waals surface area contributed by atoms with Crippen LogP contribution < -0.4 is 4.90 Å². The van der Waals surface area contributed by atoms with Crippen LogP contribution in [0.5, 0.6) is 0 Å². The molecule has 0 aliphatic carbocycles. The molecule has 0 atom stereocenters. The third-order valence-corrected chi connectivity index (χ3v) is 4.47. The summed E-state index contributed by atoms with van der Waals surface area (Å²) in [5.41, 5.74) is 1.73. The fourth-order valence-electron chi connectivity index (χ4n) is 2.53. The van der Waals surface area contributed by atoms with E-state index in [4.69, 9.17) is 5.11 Å². The van der Waals surface area contributed by atoms with Crippen molar-refractivity contribution in [3.05, 3.63) is 23.8 Å². The largest absolute Gasteiger partial charge is 0.481 e. The number of nitriles is 1. The number of rotatable bonds is 5. The molecule has 1 aromatic carbocycles. The van der Waals surface area contributed by atoms with Gasteiger partial charge in [-0.2, -0.15) is 5.26 Å². The summed E-state index contributed by atoms with van der Waals surface area (Å²) in [5, 5.41) is 18.1. The number of hydrogen-bond donors (Lipinski definition) is 1. The Bertz CT molecular complexity index is 548. The van der Waals surface area contributed by atoms with Gasteiger partial charge in [-0.3, -0.25) is 9.69 Å². The predicted octanol–water partition coefficient (Wildman–Crippen LogP) is 1.88. The molecule has 0 unspecified atom stereocenters. The predicted molar refractivity (Wildman–Crippen MR) is 83.8 cm³/mol. The van der Waals surface area contributed by atoms with Crippen molar-refractivity contribution >= 4 is 23.4 Å². The highest BCUT2D eigenvalue weighted by molar-refractivity contribution is 7.98. The van der Waals surface area contributed by atoms with Crippen LogP contribution in [0.4, 0.5) is 5.69 Å². The molecule has 2 rings (SSSR count). The highest BCUT2D eigenvalue weighted by atomic mass is 32.2. The van der Waals surface area contributed by atoms with E-state index in [0.717, 1.165) is 42.3 Å². The zero-order valence-electron chi connectivity index (χ0n) is 12.1. The molecular formula is C15H19N3O2S. The number of carboxylic acids is 1. The Kier molecular flexibility index (Phi) is 5.48. The molecule has 1 heterocycles. The molecule has 0 aromatic heterocycles. The summed E-state index contributed by atoms with van der Waals surface area (Å²) in [6.07, 6.45) is 2.16. The van der Waals surface area contributed by atoms with Gasteiger partial charge in [0.15, 0.2) is 0 Å². The third-order valence-electron chi connectivity index (χ3n) is 3.69. The van der Waals surface area contributed by atoms with Gasteiger partial charge in [0.05, 0.1) is 17.7 Å². The Morgan fingerprint density at radius 2 is 2.10 bits per heavy atom. The second-order valence-corrected chi connectivity index (χ2v) is 5.79. The van der Waals surface area contributed by atoms with E-state index in [0.29, 0.717) is 6.54 Å². The van der Waals surface area contributed by atoms with Crippen LogP contribution in [0.2, 0.25) is 0 Å². The van der Waals surface area contributed by atoms with E-state index in [1.54, 1.807) is 11.8 Å². The minimum Gasteiger partial charge on any atom is -0.481 e. The molecule has 1 aliphatic rings. The lowest BCUT2D eigenvalue weighted by Crippen LogP contribution is -2.47. The van der Waals surface area contributed by atoms with Crippen molar-refractivity contribution in [2.75, 3.05) is 43.9 Å². The zero-order valence-corrected chi connectivity index (χ0v) is 12.9. The second-order valence-electron chi connectivity index (χ2n) is 4.94. The first-order chi connectivity index (χ1) is 10.2. The number of benzene rings is 1. The monoisotopic (exact) mass is 305 g/mol. The lowest BCUT2D eigenvalue weighted by molar-refractivity contribution is -0.137. The van der Waals surface area contributed by atoms with Gasteiger partial charge in [0, 0.05) is 37.6 Å². The SMILES string of the molecule is CSc1cccc(N2CCN(CCC(=O)O)CC2)c1C#N. The van der Waals surface area contributed by atoms with Crippen molar-refractivity contribution in [3.63, 3.8) is 0 Å². The molecule has 0 spiro atoms. The Morgan fingerprint density at radius 1 is 1.38 bits per heavy atom. The molecule has 6 heteroatoms. The van der Waals surface area contributed by atoms with E-state index in [1.807, 2.05) is 24.5 Å². The molecule has 1 fully saturated rings. The Hall–Kier alpha value is -1.71. The van der Waals surface area contributed by atoms with E-state index in [-0.39, 0.29) is 6.42 Å². The van der Waals surface area contributed by atoms with Crippen LogP contribution >= 0.6 is 11.8 Å². The minimum absolute atomic E-state index is 0.186. The first-order valence-electron chi connectivity index (χ1n) is 6.92. The molecule has 112 valence electrons. The van der Waals surface area contributed by atoms with E-state index < -0.39 is 5.97 Å². The fraction of sp³-hybridized carbons (Fsp3) is 0.467. The van der Waals surface area contributed by atoms with E-state index >= 15 is 0 Å². The molecule has 0 saturated carbocycles. The van der Waals surface area contributed by atoms with Crippen molar-refractivity contribution in [2.24, 2.45) is 0 Å². The average Bonchev–Trinajstić information content (AvgIpc) is 2.52. The van der Waals surface area contributed by atoms with Gasteiger partial charge < -0.3 is 10.0 Å². The molecule has 5 nitrogen and oxygen atoms in total. The lowest BCUT2D eigenvalue weighted by atomic mass is 10.1. The highest BCUT2D eigenvalue weighted by Gasteiger charge is 2.20. The van der Waals surface area contributed by atoms with Crippen LogP contribution in [0.15, 0.2) is 23.1 Å². The number of piperazine rings is 1. The van der Waals surface area contributed by atoms with Gasteiger partial charge >= 0.3 is 5.97 Å². The standard InChI is InChI=1S/C15H19N3O2S/c1-21-14-4-2-3-13(12(14)11-16)18-9-7-17(8-10-18)6-5-15(19)20/h2-4H,5-10H2,1H3,(H,19,20). The first kappa shape index (κ1) is 15.7. The summed E-state index contributed by atoms with van der Waals surface area (Å²) < 4.78 is 0. The van der Waals surface area contributed by atoms with Gasteiger partial charge in [-0.1, -0.05) is 6.07 Å². The smallest absolute Gasteiger partial charge is 0.304 e. The van der Waals surface area contributed by atoms with Crippen LogP contribution in [-0.4, -0.2) is 55.0 Å². The van der Waals surface area contributed by atoms with Crippen molar-refractivity contribution in [2.45, 2.75) is 11.3 Å². The Morgan fingerprint density at radius 3 is 2.67 bits per heavy atom. The maximum absolute atomic E-state index is 10.6. The quantitative estimate of drug-likeness (QED) is 0.838. The normalized spacial score (nSPS) is 15.7. The average molecular weight is 305 g/mol. The van der Waals surface area contributed by atoms with Crippen LogP contribution in [0.25, 0.3) is 0 Å². The summed E-state index contributed by atoms with van der Waals surface area (Å²) in [6.45, 7) is 3.92. The van der Waals surface area contributed by atoms with Gasteiger partial charge in [0.25, 0.3) is 0 Å². The van der Waals surface area contributed by atoms with Crippen molar-refractivity contribution in [1.29, 1.82) is 5.26 Å². The molecule has 0 bridgehead atoms. The van der Waals surface area contributed by atoms with E-state index in [1.165, 1.54) is 0 Å². The molecule has 0 radical (unpaired) electrons. The van der Waals surface area contributed by atoms with Gasteiger partial charge in [0.1, 0.15) is 6.07 Å². The minimum atomic E-state index is -0.753. The van der Waals surface area contributed by atoms with Crippen molar-refractivity contribution < 1.29 is 9.90 Å². The summed E-state index contributed by atoms with van der Waals surface area (Å²) in [4.78, 5) is 16.0. The maximum Gasteiger partial charge on any atom is 0.304 e. The number of carboxylic acid groups (broad SMARTS) is 1. The summed E-state index contributed by atoms with van der Waals surface area (Å²) in [5.74, 6) is -0.753. The first-order valence-corrected chi connectivity index (χ1v) is 8.14. The van der Waals surface area contributed by atoms with Gasteiger partial charge in [0.2, 0.25) is 0 Å². The zero-order chi connectivity index (χ0) is 15.2. The number of carbonyl (C=O) groups is 1. The number of nitrogens with zero attached hydrogens (tertiary/aromatic N) is 3. The maximum atomic E-state index is 10.6. The molecule has 1 aliphatic heterocycles. The topological polar surface area (TPSA) is 67.6 Å². The number of thioether (sulfide) groups is 1. The van der Waals surface area contributed by atoms with Crippen LogP contribution in [0.3, 0.4) is 0 Å². The summed E-state index contributed by atoms with van der Waals surface area (Å²) >= 11 is 1.59. The Balaban J connectivity index is 2.03. The third kappa shape index (κ3) is 3.90. The van der Waals surface area contributed by atoms with Gasteiger partial charge in [-0.25, -0.2) is 0 Å². The van der Waals surface area contributed by atoms with Gasteiger partial charge in [-0.15, -0.1) is 11.8 Å². The number of aliphatic carboxylic acids is 1. The number of anilines is 1. The van der Waals surface area contributed by atoms with Crippen LogP contribution in [-0.2, 0) is 4.79 Å². The molecule has 1 aromatic rings. The second kappa shape index (κ2) is 7.34. The molecule has 1 N–H and O–H groups in total. The van der Waals surface area contributed by atoms with E-state index in [9.17, 15) is 10.1 Å². The van der Waals surface area contributed by atoms with E-state index in [2.05, 4.69) is 15.9 Å². The summed E-state index contributed by atoms with van der Waals surface area (Å²) in [7, 11) is 0. The fourth-order valence-corrected chi connectivity index (χ4v) is 3.10. The Labute approximate surface area is 129 Å².